The van der Waals surface area contributed by atoms with Gasteiger partial charge < -0.3 is 10.2 Å². The van der Waals surface area contributed by atoms with Crippen molar-refractivity contribution in [3.05, 3.63) is 58.3 Å². The SMILES string of the molecule is C=CCN1C(=O)NC(c2cc(C)c(C)cc2C)C2=C1CN(C1CC3CCC1C3)C2=O. The highest BCUT2D eigenvalue weighted by atomic mass is 16.2. The normalized spacial score (nSPS) is 30.2. The second-order valence-corrected chi connectivity index (χ2v) is 9.61. The van der Waals surface area contributed by atoms with E-state index >= 15 is 0 Å². The Bertz CT molecular complexity index is 979. The number of benzene rings is 1. The fourth-order valence-corrected chi connectivity index (χ4v) is 6.22. The quantitative estimate of drug-likeness (QED) is 0.765. The summed E-state index contributed by atoms with van der Waals surface area (Å²) >= 11 is 0. The predicted molar refractivity (Wildman–Crippen MR) is 117 cm³/mol. The summed E-state index contributed by atoms with van der Waals surface area (Å²) in [7, 11) is 0. The maximum Gasteiger partial charge on any atom is 0.322 e. The molecule has 1 N–H and O–H groups in total. The zero-order valence-electron chi connectivity index (χ0n) is 18.2. The molecule has 5 rings (SSSR count). The third kappa shape index (κ3) is 2.82. The fraction of sp³-hybridized carbons (Fsp3) is 0.520. The molecular formula is C25H31N3O2. The summed E-state index contributed by atoms with van der Waals surface area (Å²) < 4.78 is 0. The van der Waals surface area contributed by atoms with Crippen molar-refractivity contribution in [3.8, 4) is 0 Å². The largest absolute Gasteiger partial charge is 0.330 e. The van der Waals surface area contributed by atoms with Crippen LogP contribution >= 0.6 is 0 Å². The molecular weight excluding hydrogens is 374 g/mol. The Labute approximate surface area is 178 Å². The molecule has 4 aliphatic rings. The summed E-state index contributed by atoms with van der Waals surface area (Å²) in [5, 5.41) is 3.14. The van der Waals surface area contributed by atoms with Crippen molar-refractivity contribution in [1.29, 1.82) is 0 Å². The Kier molecular flexibility index (Phi) is 4.53. The first-order chi connectivity index (χ1) is 14.4. The molecule has 0 saturated heterocycles. The average Bonchev–Trinajstić information content (AvgIpc) is 3.41. The summed E-state index contributed by atoms with van der Waals surface area (Å²) in [6, 6.07) is 4.09. The number of rotatable bonds is 4. The average molecular weight is 406 g/mol. The number of fused-ring (bicyclic) bond motifs is 2. The van der Waals surface area contributed by atoms with E-state index in [0.717, 1.165) is 34.7 Å². The van der Waals surface area contributed by atoms with Crippen LogP contribution in [0.25, 0.3) is 0 Å². The van der Waals surface area contributed by atoms with Crippen molar-refractivity contribution in [2.45, 2.75) is 58.5 Å². The topological polar surface area (TPSA) is 52.7 Å². The summed E-state index contributed by atoms with van der Waals surface area (Å²) in [6.45, 7) is 11.0. The lowest BCUT2D eigenvalue weighted by Gasteiger charge is -2.33. The molecule has 4 atom stereocenters. The van der Waals surface area contributed by atoms with Crippen LogP contribution in [0, 0.1) is 32.6 Å². The molecule has 0 aromatic heterocycles. The zero-order chi connectivity index (χ0) is 21.2. The van der Waals surface area contributed by atoms with Crippen LogP contribution in [0.2, 0.25) is 0 Å². The van der Waals surface area contributed by atoms with Crippen molar-refractivity contribution >= 4 is 11.9 Å². The van der Waals surface area contributed by atoms with E-state index in [-0.39, 0.29) is 18.0 Å². The van der Waals surface area contributed by atoms with Crippen molar-refractivity contribution in [1.82, 2.24) is 15.1 Å². The molecule has 2 aliphatic carbocycles. The smallest absolute Gasteiger partial charge is 0.322 e. The van der Waals surface area contributed by atoms with Gasteiger partial charge in [0.25, 0.3) is 5.91 Å². The summed E-state index contributed by atoms with van der Waals surface area (Å²) in [5.74, 6) is 1.50. The van der Waals surface area contributed by atoms with E-state index in [9.17, 15) is 9.59 Å². The van der Waals surface area contributed by atoms with Gasteiger partial charge in [-0.25, -0.2) is 4.79 Å². The van der Waals surface area contributed by atoms with Crippen LogP contribution in [0.5, 0.6) is 0 Å². The van der Waals surface area contributed by atoms with Crippen LogP contribution in [0.15, 0.2) is 36.1 Å². The first kappa shape index (κ1) is 19.4. The maximum absolute atomic E-state index is 13.8. The van der Waals surface area contributed by atoms with Gasteiger partial charge in [0, 0.05) is 12.6 Å². The summed E-state index contributed by atoms with van der Waals surface area (Å²) in [5.41, 5.74) is 6.16. The zero-order valence-corrected chi connectivity index (χ0v) is 18.2. The number of carbonyl (C=O) groups excluding carboxylic acids is 2. The Hall–Kier alpha value is -2.56. The molecule has 2 heterocycles. The number of nitrogens with zero attached hydrogens (tertiary/aromatic N) is 2. The van der Waals surface area contributed by atoms with E-state index in [0.29, 0.717) is 25.0 Å². The van der Waals surface area contributed by atoms with E-state index in [1.807, 2.05) is 0 Å². The second-order valence-electron chi connectivity index (χ2n) is 9.61. The molecule has 1 aromatic carbocycles. The van der Waals surface area contributed by atoms with Gasteiger partial charge in [0.2, 0.25) is 0 Å². The molecule has 2 saturated carbocycles. The monoisotopic (exact) mass is 405 g/mol. The highest BCUT2D eigenvalue weighted by Gasteiger charge is 2.50. The molecule has 4 unspecified atom stereocenters. The first-order valence-corrected chi connectivity index (χ1v) is 11.2. The van der Waals surface area contributed by atoms with Crippen LogP contribution in [-0.2, 0) is 4.79 Å². The highest BCUT2D eigenvalue weighted by molar-refractivity contribution is 6.01. The van der Waals surface area contributed by atoms with E-state index in [4.69, 9.17) is 0 Å². The number of aryl methyl sites for hydroxylation is 3. The number of hydrogen-bond donors (Lipinski definition) is 1. The molecule has 158 valence electrons. The van der Waals surface area contributed by atoms with Crippen molar-refractivity contribution in [3.63, 3.8) is 0 Å². The number of hydrogen-bond acceptors (Lipinski definition) is 2. The van der Waals surface area contributed by atoms with Gasteiger partial charge in [-0.2, -0.15) is 0 Å². The minimum atomic E-state index is -0.385. The van der Waals surface area contributed by atoms with Gasteiger partial charge in [0.1, 0.15) is 0 Å². The third-order valence-electron chi connectivity index (χ3n) is 7.86. The molecule has 0 radical (unpaired) electrons. The standard InChI is InChI=1S/C25H31N3O2/c1-5-8-27-21-13-28(20-12-17-6-7-18(20)11-17)24(29)22(21)23(26-25(27)30)19-10-15(3)14(2)9-16(19)4/h5,9-10,17-18,20,23H,1,6-8,11-13H2,2-4H3,(H,26,30). The van der Waals surface area contributed by atoms with Crippen LogP contribution in [-0.4, -0.2) is 40.9 Å². The highest BCUT2D eigenvalue weighted by Crippen LogP contribution is 2.49. The third-order valence-corrected chi connectivity index (χ3v) is 7.86. The number of carbonyl (C=O) groups is 2. The number of amides is 3. The second kappa shape index (κ2) is 7.00. The lowest BCUT2D eigenvalue weighted by atomic mass is 9.89. The molecule has 2 bridgehead atoms. The van der Waals surface area contributed by atoms with Crippen LogP contribution in [0.3, 0.4) is 0 Å². The van der Waals surface area contributed by atoms with E-state index in [2.05, 4.69) is 49.7 Å². The molecule has 0 spiro atoms. The van der Waals surface area contributed by atoms with Gasteiger partial charge >= 0.3 is 6.03 Å². The van der Waals surface area contributed by atoms with E-state index in [1.165, 1.54) is 30.4 Å². The van der Waals surface area contributed by atoms with Crippen molar-refractivity contribution in [2.24, 2.45) is 11.8 Å². The Morgan fingerprint density at radius 2 is 1.87 bits per heavy atom. The van der Waals surface area contributed by atoms with Crippen molar-refractivity contribution in [2.75, 3.05) is 13.1 Å². The summed E-state index contributed by atoms with van der Waals surface area (Å²) in [6.07, 6.45) is 6.65. The summed E-state index contributed by atoms with van der Waals surface area (Å²) in [4.78, 5) is 30.6. The van der Waals surface area contributed by atoms with Gasteiger partial charge in [-0.15, -0.1) is 6.58 Å². The van der Waals surface area contributed by atoms with Gasteiger partial charge in [-0.05, 0) is 74.1 Å². The lowest BCUT2D eigenvalue weighted by Crippen LogP contribution is -2.47. The van der Waals surface area contributed by atoms with Crippen LogP contribution < -0.4 is 5.32 Å². The number of urea groups is 1. The molecule has 30 heavy (non-hydrogen) atoms. The molecule has 2 aliphatic heterocycles. The van der Waals surface area contributed by atoms with Crippen LogP contribution in [0.4, 0.5) is 4.79 Å². The number of nitrogens with one attached hydrogen (secondary N) is 1. The molecule has 1 aromatic rings. The fourth-order valence-electron chi connectivity index (χ4n) is 6.22. The van der Waals surface area contributed by atoms with Gasteiger partial charge in [0.15, 0.2) is 0 Å². The van der Waals surface area contributed by atoms with Gasteiger partial charge in [-0.3, -0.25) is 9.69 Å². The lowest BCUT2D eigenvalue weighted by molar-refractivity contribution is -0.128. The Morgan fingerprint density at radius 1 is 1.10 bits per heavy atom. The molecule has 3 amide bonds. The van der Waals surface area contributed by atoms with Gasteiger partial charge in [0.05, 0.1) is 23.9 Å². The Morgan fingerprint density at radius 3 is 2.53 bits per heavy atom. The molecule has 5 nitrogen and oxygen atoms in total. The minimum Gasteiger partial charge on any atom is -0.330 e. The molecule has 5 heteroatoms. The minimum absolute atomic E-state index is 0.110. The first-order valence-electron chi connectivity index (χ1n) is 11.2. The predicted octanol–water partition coefficient (Wildman–Crippen LogP) is 4.15. The maximum atomic E-state index is 13.8. The van der Waals surface area contributed by atoms with Crippen molar-refractivity contribution < 1.29 is 9.59 Å². The van der Waals surface area contributed by atoms with Gasteiger partial charge in [-0.1, -0.05) is 24.6 Å². The van der Waals surface area contributed by atoms with E-state index in [1.54, 1.807) is 11.0 Å². The van der Waals surface area contributed by atoms with E-state index < -0.39 is 0 Å². The molecule has 2 fully saturated rings. The van der Waals surface area contributed by atoms with Crippen LogP contribution in [0.1, 0.15) is 54.0 Å². The Balaban J connectivity index is 1.56.